The van der Waals surface area contributed by atoms with E-state index >= 15 is 0 Å². The van der Waals surface area contributed by atoms with Crippen LogP contribution in [0.15, 0.2) is 12.0 Å². The maximum atomic E-state index is 6.11. The Morgan fingerprint density at radius 1 is 1.29 bits per heavy atom. The van der Waals surface area contributed by atoms with E-state index in [9.17, 15) is 0 Å². The van der Waals surface area contributed by atoms with Gasteiger partial charge in [0.05, 0.1) is 7.11 Å². The van der Waals surface area contributed by atoms with Gasteiger partial charge in [0, 0.05) is 0 Å². The Kier molecular flexibility index (Phi) is 3.30. The molecule has 0 aliphatic carbocycles. The molecule has 1 rings (SSSR count). The van der Waals surface area contributed by atoms with Crippen molar-refractivity contribution < 1.29 is 9.16 Å². The van der Waals surface area contributed by atoms with Crippen molar-refractivity contribution in [3.05, 3.63) is 12.0 Å². The van der Waals surface area contributed by atoms with Crippen LogP contribution in [0.3, 0.4) is 0 Å². The molecule has 1 fully saturated rings. The zero-order chi connectivity index (χ0) is 10.8. The zero-order valence-corrected chi connectivity index (χ0v) is 11.0. The molecule has 0 aromatic heterocycles. The smallest absolute Gasteiger partial charge is 0.260 e. The van der Waals surface area contributed by atoms with Crippen molar-refractivity contribution in [1.82, 2.24) is 0 Å². The highest BCUT2D eigenvalue weighted by molar-refractivity contribution is 6.79. The summed E-state index contributed by atoms with van der Waals surface area (Å²) in [7, 11) is 0.137. The topological polar surface area (TPSA) is 18.5 Å². The molecule has 3 heteroatoms. The molecular formula is C11H22O2Si. The molecule has 1 aliphatic heterocycles. The van der Waals surface area contributed by atoms with Gasteiger partial charge < -0.3 is 9.16 Å². The summed E-state index contributed by atoms with van der Waals surface area (Å²) < 4.78 is 11.3. The molecule has 1 saturated heterocycles. The Hall–Kier alpha value is -0.443. The second-order valence-electron chi connectivity index (χ2n) is 5.01. The number of ether oxygens (including phenoxy) is 1. The molecule has 0 unspecified atom stereocenters. The number of hydrogen-bond acceptors (Lipinski definition) is 2. The molecule has 0 amide bonds. The van der Waals surface area contributed by atoms with Gasteiger partial charge in [0.2, 0.25) is 0 Å². The monoisotopic (exact) mass is 214 g/mol. The van der Waals surface area contributed by atoms with Crippen LogP contribution < -0.4 is 0 Å². The van der Waals surface area contributed by atoms with Crippen LogP contribution in [0.5, 0.6) is 0 Å². The Balaban J connectivity index is 2.72. The van der Waals surface area contributed by atoms with E-state index < -0.39 is 8.32 Å². The average molecular weight is 214 g/mol. The minimum atomic E-state index is -1.54. The van der Waals surface area contributed by atoms with Crippen molar-refractivity contribution in [2.24, 2.45) is 0 Å². The van der Waals surface area contributed by atoms with E-state index in [-0.39, 0.29) is 0 Å². The summed E-state index contributed by atoms with van der Waals surface area (Å²) in [6.07, 6.45) is 3.24. The lowest BCUT2D eigenvalue weighted by molar-refractivity contribution is 0.132. The molecule has 0 bridgehead atoms. The van der Waals surface area contributed by atoms with Gasteiger partial charge >= 0.3 is 0 Å². The van der Waals surface area contributed by atoms with Gasteiger partial charge in [-0.1, -0.05) is 27.2 Å². The Morgan fingerprint density at radius 2 is 1.86 bits per heavy atom. The second kappa shape index (κ2) is 3.97. The molecule has 2 nitrogen and oxygen atoms in total. The number of methoxy groups -OCH3 is 1. The molecular weight excluding hydrogens is 192 g/mol. The lowest BCUT2D eigenvalue weighted by Crippen LogP contribution is -2.52. The van der Waals surface area contributed by atoms with Gasteiger partial charge in [-0.25, -0.2) is 0 Å². The van der Waals surface area contributed by atoms with E-state index in [1.54, 1.807) is 7.11 Å². The van der Waals surface area contributed by atoms with Crippen LogP contribution in [0.25, 0.3) is 0 Å². The number of allylic oxidation sites excluding steroid dienone is 1. The third-order valence-electron chi connectivity index (χ3n) is 3.26. The molecule has 0 aromatic rings. The normalized spacial score (nSPS) is 21.4. The number of hydrogen-bond donors (Lipinski definition) is 0. The van der Waals surface area contributed by atoms with Crippen molar-refractivity contribution in [3.63, 3.8) is 0 Å². The lowest BCUT2D eigenvalue weighted by Gasteiger charge is -2.48. The maximum Gasteiger partial charge on any atom is 0.260 e. The van der Waals surface area contributed by atoms with Crippen LogP contribution in [-0.4, -0.2) is 15.4 Å². The van der Waals surface area contributed by atoms with Gasteiger partial charge in [-0.05, 0) is 30.1 Å². The van der Waals surface area contributed by atoms with Crippen molar-refractivity contribution in [3.8, 4) is 0 Å². The first-order chi connectivity index (χ1) is 6.45. The first kappa shape index (κ1) is 11.6. The highest BCUT2D eigenvalue weighted by atomic mass is 28.4. The molecule has 0 N–H and O–H groups in total. The van der Waals surface area contributed by atoms with Gasteiger partial charge in [-0.3, -0.25) is 0 Å². The van der Waals surface area contributed by atoms with E-state index in [2.05, 4.69) is 20.8 Å². The lowest BCUT2D eigenvalue weighted by atomic mass is 10.2. The quantitative estimate of drug-likeness (QED) is 0.527. The fourth-order valence-corrected chi connectivity index (χ4v) is 5.51. The molecule has 82 valence electrons. The molecule has 0 aromatic carbocycles. The Morgan fingerprint density at radius 3 is 2.07 bits per heavy atom. The van der Waals surface area contributed by atoms with E-state index in [0.717, 1.165) is 0 Å². The fraction of sp³-hybridized carbons (Fsp3) is 0.818. The minimum absolute atomic E-state index is 0.317. The molecule has 0 saturated carbocycles. The van der Waals surface area contributed by atoms with Crippen molar-refractivity contribution in [2.45, 2.75) is 51.2 Å². The number of rotatable bonds is 3. The highest BCUT2D eigenvalue weighted by Gasteiger charge is 2.53. The van der Waals surface area contributed by atoms with Crippen LogP contribution in [0.2, 0.25) is 17.1 Å². The molecule has 0 atom stereocenters. The first-order valence-corrected chi connectivity index (χ1v) is 7.67. The predicted molar refractivity (Wildman–Crippen MR) is 61.6 cm³/mol. The fourth-order valence-electron chi connectivity index (χ4n) is 1.91. The van der Waals surface area contributed by atoms with E-state index in [1.807, 2.05) is 13.0 Å². The predicted octanol–water partition coefficient (Wildman–Crippen LogP) is 3.66. The van der Waals surface area contributed by atoms with Crippen LogP contribution >= 0.6 is 0 Å². The van der Waals surface area contributed by atoms with Gasteiger partial charge in [0.15, 0.2) is 0 Å². The van der Waals surface area contributed by atoms with E-state index in [1.165, 1.54) is 18.5 Å². The molecule has 0 radical (unpaired) electrons. The summed E-state index contributed by atoms with van der Waals surface area (Å²) in [5.74, 6) is 0.714. The average Bonchev–Trinajstić information content (AvgIpc) is 2.01. The van der Waals surface area contributed by atoms with Gasteiger partial charge in [-0.15, -0.1) is 0 Å². The summed E-state index contributed by atoms with van der Waals surface area (Å²) >= 11 is 0. The standard InChI is InChI=1S/C11H22O2Si/c1-6-10(12-5)13-14(8-7-9-14)11(2,3)4/h6H,7-9H2,1-5H3/b10-6-. The maximum absolute atomic E-state index is 6.11. The van der Waals surface area contributed by atoms with Crippen LogP contribution in [0, 0.1) is 0 Å². The van der Waals surface area contributed by atoms with Crippen LogP contribution in [0.1, 0.15) is 34.1 Å². The molecule has 1 aliphatic rings. The summed E-state index contributed by atoms with van der Waals surface area (Å²) in [4.78, 5) is 0. The summed E-state index contributed by atoms with van der Waals surface area (Å²) in [5.41, 5.74) is 0. The summed E-state index contributed by atoms with van der Waals surface area (Å²) in [6, 6.07) is 2.55. The van der Waals surface area contributed by atoms with Gasteiger partial charge in [0.1, 0.15) is 0 Å². The third kappa shape index (κ3) is 1.97. The SMILES string of the molecule is C/C=C(/OC)O[Si]1(C(C)(C)C)CCC1. The molecule has 0 spiro atoms. The van der Waals surface area contributed by atoms with Crippen molar-refractivity contribution in [1.29, 1.82) is 0 Å². The Bertz CT molecular complexity index is 224. The van der Waals surface area contributed by atoms with Crippen LogP contribution in [-0.2, 0) is 9.16 Å². The Labute approximate surface area is 88.4 Å². The van der Waals surface area contributed by atoms with E-state index in [4.69, 9.17) is 9.16 Å². The first-order valence-electron chi connectivity index (χ1n) is 5.34. The second-order valence-corrected chi connectivity index (χ2v) is 9.70. The van der Waals surface area contributed by atoms with Crippen molar-refractivity contribution in [2.75, 3.05) is 7.11 Å². The summed E-state index contributed by atoms with van der Waals surface area (Å²) in [5, 5.41) is 0.317. The van der Waals surface area contributed by atoms with Gasteiger partial charge in [-0.2, -0.15) is 0 Å². The zero-order valence-electron chi connectivity index (χ0n) is 10.0. The van der Waals surface area contributed by atoms with Crippen molar-refractivity contribution >= 4 is 8.32 Å². The molecule has 1 heterocycles. The molecule has 14 heavy (non-hydrogen) atoms. The van der Waals surface area contributed by atoms with E-state index in [0.29, 0.717) is 11.0 Å². The highest BCUT2D eigenvalue weighted by Crippen LogP contribution is 2.51. The van der Waals surface area contributed by atoms with Crippen LogP contribution in [0.4, 0.5) is 0 Å². The largest absolute Gasteiger partial charge is 0.519 e. The summed E-state index contributed by atoms with van der Waals surface area (Å²) in [6.45, 7) is 8.84. The third-order valence-corrected chi connectivity index (χ3v) is 8.91. The van der Waals surface area contributed by atoms with Gasteiger partial charge in [0.25, 0.3) is 14.3 Å². The minimum Gasteiger partial charge on any atom is -0.519 e.